The zero-order chi connectivity index (χ0) is 17.1. The highest BCUT2D eigenvalue weighted by Crippen LogP contribution is 2.22. The van der Waals surface area contributed by atoms with Crippen LogP contribution in [0.25, 0.3) is 11.3 Å². The Labute approximate surface area is 143 Å². The number of benzene rings is 1. The number of aromatic amines is 1. The van der Waals surface area contributed by atoms with Gasteiger partial charge in [-0.25, -0.2) is 8.78 Å². The number of rotatable bonds is 4. The van der Waals surface area contributed by atoms with Crippen molar-refractivity contribution >= 4 is 17.5 Å². The van der Waals surface area contributed by atoms with Crippen LogP contribution in [0.15, 0.2) is 30.3 Å². The molecular weight excluding hydrogens is 338 g/mol. The predicted octanol–water partition coefficient (Wildman–Crippen LogP) is 2.75. The van der Waals surface area contributed by atoms with Crippen LogP contribution in [-0.2, 0) is 0 Å². The Hall–Kier alpha value is -1.99. The summed E-state index contributed by atoms with van der Waals surface area (Å²) in [6.07, 6.45) is -2.35. The molecule has 1 amide bonds. The number of hydrogen-bond acceptors (Lipinski definition) is 3. The van der Waals surface area contributed by atoms with E-state index in [2.05, 4.69) is 10.2 Å². The summed E-state index contributed by atoms with van der Waals surface area (Å²) in [6.45, 7) is 1.51. The van der Waals surface area contributed by atoms with E-state index >= 15 is 0 Å². The summed E-state index contributed by atoms with van der Waals surface area (Å²) < 4.78 is 24.8. The van der Waals surface area contributed by atoms with E-state index in [1.54, 1.807) is 28.0 Å². The number of carbonyl (C=O) groups is 1. The number of hydrogen-bond donors (Lipinski definition) is 1. The number of nitrogens with zero attached hydrogens (tertiary/aromatic N) is 3. The summed E-state index contributed by atoms with van der Waals surface area (Å²) in [5, 5.41) is 7.50. The van der Waals surface area contributed by atoms with Crippen molar-refractivity contribution < 1.29 is 13.6 Å². The van der Waals surface area contributed by atoms with Crippen molar-refractivity contribution in [2.75, 3.05) is 32.7 Å². The van der Waals surface area contributed by atoms with Crippen LogP contribution in [0.5, 0.6) is 0 Å². The lowest BCUT2D eigenvalue weighted by molar-refractivity contribution is 0.0455. The fourth-order valence-corrected chi connectivity index (χ4v) is 2.92. The third-order valence-electron chi connectivity index (χ3n) is 3.98. The Balaban J connectivity index is 1.64. The van der Waals surface area contributed by atoms with Gasteiger partial charge in [0.15, 0.2) is 0 Å². The van der Waals surface area contributed by atoms with Crippen molar-refractivity contribution in [1.29, 1.82) is 0 Å². The molecule has 1 N–H and O–H groups in total. The summed E-state index contributed by atoms with van der Waals surface area (Å²) in [5.41, 5.74) is 1.84. The van der Waals surface area contributed by atoms with Crippen LogP contribution in [0.1, 0.15) is 10.5 Å². The van der Waals surface area contributed by atoms with E-state index in [4.69, 9.17) is 11.6 Å². The van der Waals surface area contributed by atoms with Gasteiger partial charge in [-0.3, -0.25) is 14.8 Å². The SMILES string of the molecule is O=C(c1cc(-c2cccc(Cl)c2)n[nH]1)N1CCN(CC(F)F)CC1. The Bertz CT molecular complexity index is 714. The van der Waals surface area contributed by atoms with Crippen LogP contribution < -0.4 is 0 Å². The predicted molar refractivity (Wildman–Crippen MR) is 87.4 cm³/mol. The van der Waals surface area contributed by atoms with Crippen molar-refractivity contribution in [2.45, 2.75) is 6.43 Å². The molecule has 24 heavy (non-hydrogen) atoms. The maximum Gasteiger partial charge on any atom is 0.271 e. The van der Waals surface area contributed by atoms with Crippen molar-refractivity contribution in [3.8, 4) is 11.3 Å². The van der Waals surface area contributed by atoms with E-state index < -0.39 is 6.43 Å². The van der Waals surface area contributed by atoms with Gasteiger partial charge in [0.1, 0.15) is 5.69 Å². The molecule has 1 aromatic carbocycles. The number of H-pyrrole nitrogens is 1. The number of nitrogens with one attached hydrogen (secondary N) is 1. The highest BCUT2D eigenvalue weighted by Gasteiger charge is 2.24. The highest BCUT2D eigenvalue weighted by molar-refractivity contribution is 6.30. The van der Waals surface area contributed by atoms with E-state index in [0.717, 1.165) is 5.56 Å². The topological polar surface area (TPSA) is 52.2 Å². The van der Waals surface area contributed by atoms with E-state index in [9.17, 15) is 13.6 Å². The zero-order valence-electron chi connectivity index (χ0n) is 12.9. The third-order valence-corrected chi connectivity index (χ3v) is 4.22. The minimum atomic E-state index is -2.35. The summed E-state index contributed by atoms with van der Waals surface area (Å²) in [5.74, 6) is -0.174. The van der Waals surface area contributed by atoms with Gasteiger partial charge in [-0.15, -0.1) is 0 Å². The van der Waals surface area contributed by atoms with Crippen LogP contribution in [0.2, 0.25) is 5.02 Å². The van der Waals surface area contributed by atoms with Crippen LogP contribution in [0, 0.1) is 0 Å². The van der Waals surface area contributed by atoms with Gasteiger partial charge in [0.2, 0.25) is 0 Å². The Morgan fingerprint density at radius 3 is 2.67 bits per heavy atom. The molecule has 0 saturated carbocycles. The first-order valence-electron chi connectivity index (χ1n) is 7.64. The molecule has 2 heterocycles. The van der Waals surface area contributed by atoms with Gasteiger partial charge in [0.05, 0.1) is 12.2 Å². The Morgan fingerprint density at radius 1 is 1.25 bits per heavy atom. The second-order valence-corrected chi connectivity index (χ2v) is 6.10. The molecule has 1 aliphatic rings. The molecule has 5 nitrogen and oxygen atoms in total. The minimum absolute atomic E-state index is 0.174. The van der Waals surface area contributed by atoms with Crippen molar-refractivity contribution in [2.24, 2.45) is 0 Å². The normalized spacial score (nSPS) is 15.9. The van der Waals surface area contributed by atoms with Gasteiger partial charge >= 0.3 is 0 Å². The lowest BCUT2D eigenvalue weighted by atomic mass is 10.1. The maximum atomic E-state index is 12.5. The molecule has 1 aromatic heterocycles. The van der Waals surface area contributed by atoms with Gasteiger partial charge in [-0.2, -0.15) is 5.10 Å². The molecule has 0 bridgehead atoms. The van der Waals surface area contributed by atoms with Crippen LogP contribution in [-0.4, -0.2) is 65.1 Å². The van der Waals surface area contributed by atoms with Gasteiger partial charge in [-0.1, -0.05) is 23.7 Å². The molecule has 0 spiro atoms. The maximum absolute atomic E-state index is 12.5. The van der Waals surface area contributed by atoms with Crippen molar-refractivity contribution in [1.82, 2.24) is 20.0 Å². The number of amides is 1. The van der Waals surface area contributed by atoms with Crippen molar-refractivity contribution in [3.05, 3.63) is 41.0 Å². The molecule has 3 rings (SSSR count). The molecular formula is C16H17ClF2N4O. The van der Waals surface area contributed by atoms with Gasteiger partial charge in [-0.05, 0) is 18.2 Å². The molecule has 1 aliphatic heterocycles. The van der Waals surface area contributed by atoms with Crippen molar-refractivity contribution in [3.63, 3.8) is 0 Å². The lowest BCUT2D eigenvalue weighted by Crippen LogP contribution is -2.49. The fraction of sp³-hybridized carbons (Fsp3) is 0.375. The van der Waals surface area contributed by atoms with E-state index in [1.165, 1.54) is 0 Å². The van der Waals surface area contributed by atoms with Crippen LogP contribution in [0.3, 0.4) is 0 Å². The number of carbonyl (C=O) groups excluding carboxylic acids is 1. The van der Waals surface area contributed by atoms with Gasteiger partial charge < -0.3 is 4.90 Å². The van der Waals surface area contributed by atoms with Gasteiger partial charge in [0, 0.05) is 36.8 Å². The average molecular weight is 355 g/mol. The first-order chi connectivity index (χ1) is 11.5. The summed E-state index contributed by atoms with van der Waals surface area (Å²) >= 11 is 5.96. The monoisotopic (exact) mass is 354 g/mol. The van der Waals surface area contributed by atoms with Crippen LogP contribution >= 0.6 is 11.6 Å². The summed E-state index contributed by atoms with van der Waals surface area (Å²) in [7, 11) is 0. The Kier molecular flexibility index (Phi) is 5.11. The molecule has 1 saturated heterocycles. The largest absolute Gasteiger partial charge is 0.335 e. The second kappa shape index (κ2) is 7.27. The average Bonchev–Trinajstić information content (AvgIpc) is 3.04. The lowest BCUT2D eigenvalue weighted by Gasteiger charge is -2.34. The summed E-state index contributed by atoms with van der Waals surface area (Å²) in [6, 6.07) is 8.90. The van der Waals surface area contributed by atoms with E-state index in [0.29, 0.717) is 42.6 Å². The number of alkyl halides is 2. The number of piperazine rings is 1. The molecule has 2 aromatic rings. The number of halogens is 3. The molecule has 8 heteroatoms. The molecule has 0 aliphatic carbocycles. The molecule has 0 atom stereocenters. The van der Waals surface area contributed by atoms with Crippen LogP contribution in [0.4, 0.5) is 8.78 Å². The number of aromatic nitrogens is 2. The highest BCUT2D eigenvalue weighted by atomic mass is 35.5. The zero-order valence-corrected chi connectivity index (χ0v) is 13.6. The molecule has 0 unspecified atom stereocenters. The van der Waals surface area contributed by atoms with E-state index in [1.807, 2.05) is 12.1 Å². The van der Waals surface area contributed by atoms with Gasteiger partial charge in [0.25, 0.3) is 12.3 Å². The first kappa shape index (κ1) is 16.9. The molecule has 1 fully saturated rings. The Morgan fingerprint density at radius 2 is 2.00 bits per heavy atom. The first-order valence-corrected chi connectivity index (χ1v) is 8.02. The summed E-state index contributed by atoms with van der Waals surface area (Å²) in [4.78, 5) is 15.8. The van der Waals surface area contributed by atoms with E-state index in [-0.39, 0.29) is 12.5 Å². The minimum Gasteiger partial charge on any atom is -0.335 e. The molecule has 0 radical (unpaired) electrons. The smallest absolute Gasteiger partial charge is 0.271 e. The second-order valence-electron chi connectivity index (χ2n) is 5.66. The fourth-order valence-electron chi connectivity index (χ4n) is 2.73. The standard InChI is InChI=1S/C16H17ClF2N4O/c17-12-3-1-2-11(8-12)13-9-14(21-20-13)16(24)23-6-4-22(5-7-23)10-15(18)19/h1-3,8-9,15H,4-7,10H2,(H,20,21). The quantitative estimate of drug-likeness (QED) is 0.918. The third kappa shape index (κ3) is 3.91. The molecule has 128 valence electrons.